The largest absolute Gasteiger partial charge is 0.466 e. The molecular formula is C76H143NO5. The molecule has 0 rings (SSSR count). The van der Waals surface area contributed by atoms with Gasteiger partial charge >= 0.3 is 5.97 Å². The first-order valence-corrected chi connectivity index (χ1v) is 36.9. The molecule has 0 fully saturated rings. The average Bonchev–Trinajstić information content (AvgIpc) is 3.48. The lowest BCUT2D eigenvalue weighted by Gasteiger charge is -2.20. The third kappa shape index (κ3) is 67.0. The van der Waals surface area contributed by atoms with E-state index in [0.717, 1.165) is 51.4 Å². The SMILES string of the molecule is CCCCC/C=C\C/C=C\CCCCCCCCCC(=O)OCCCCCCCCCCCCCC/C=C\CCCCCCCCCCCCCC(=O)NC(CO)C(O)/C=C/CCCCCCCCCCCCCCCCCCCCC. The summed E-state index contributed by atoms with van der Waals surface area (Å²) in [4.78, 5) is 24.6. The fourth-order valence-corrected chi connectivity index (χ4v) is 11.4. The van der Waals surface area contributed by atoms with Crippen LogP contribution in [0.2, 0.25) is 0 Å². The Kier molecular flexibility index (Phi) is 69.4. The lowest BCUT2D eigenvalue weighted by atomic mass is 10.0. The molecule has 0 aliphatic rings. The van der Waals surface area contributed by atoms with Gasteiger partial charge in [-0.3, -0.25) is 9.59 Å². The van der Waals surface area contributed by atoms with Gasteiger partial charge in [-0.25, -0.2) is 0 Å². The molecule has 6 nitrogen and oxygen atoms in total. The van der Waals surface area contributed by atoms with Crippen molar-refractivity contribution in [3.05, 3.63) is 48.6 Å². The Morgan fingerprint density at radius 1 is 0.341 bits per heavy atom. The van der Waals surface area contributed by atoms with Gasteiger partial charge in [0.25, 0.3) is 0 Å². The van der Waals surface area contributed by atoms with Crippen LogP contribution in [-0.4, -0.2) is 47.4 Å². The molecule has 0 saturated carbocycles. The lowest BCUT2D eigenvalue weighted by molar-refractivity contribution is -0.143. The van der Waals surface area contributed by atoms with E-state index in [0.29, 0.717) is 19.4 Å². The lowest BCUT2D eigenvalue weighted by Crippen LogP contribution is -2.45. The standard InChI is InChI=1S/C76H143NO5/c1-3-5-7-9-11-13-15-17-19-21-22-30-33-37-40-44-48-52-56-60-64-68-74(79)73(72-78)77-75(80)69-65-61-57-53-49-45-41-38-34-31-28-26-24-23-25-27-29-32-35-39-43-47-51-55-59-63-67-71-82-76(81)70-66-62-58-54-50-46-42-36-20-18-16-14-12-10-8-6-4-2/h12,14,18,20,23-24,64,68,73-74,78-79H,3-11,13,15-17,19,21-22,25-63,65-67,69-72H2,1-2H3,(H,77,80)/b14-12-,20-18-,24-23-,68-64+. The number of amides is 1. The van der Waals surface area contributed by atoms with Crippen LogP contribution in [0.1, 0.15) is 399 Å². The maximum absolute atomic E-state index is 12.5. The number of aliphatic hydroxyl groups excluding tert-OH is 2. The first kappa shape index (κ1) is 79.8. The summed E-state index contributed by atoms with van der Waals surface area (Å²) in [6, 6.07) is -0.630. The molecule has 0 aliphatic heterocycles. The molecule has 0 radical (unpaired) electrons. The van der Waals surface area contributed by atoms with Gasteiger partial charge in [0.05, 0.1) is 25.4 Å². The average molecular weight is 1150 g/mol. The summed E-state index contributed by atoms with van der Waals surface area (Å²) in [7, 11) is 0. The number of esters is 1. The van der Waals surface area contributed by atoms with E-state index in [-0.39, 0.29) is 18.5 Å². The molecule has 0 saturated heterocycles. The predicted molar refractivity (Wildman–Crippen MR) is 361 cm³/mol. The third-order valence-corrected chi connectivity index (χ3v) is 17.1. The van der Waals surface area contributed by atoms with Crippen molar-refractivity contribution >= 4 is 11.9 Å². The van der Waals surface area contributed by atoms with Gasteiger partial charge in [-0.2, -0.15) is 0 Å². The van der Waals surface area contributed by atoms with Crippen LogP contribution < -0.4 is 5.32 Å². The first-order valence-electron chi connectivity index (χ1n) is 36.9. The van der Waals surface area contributed by atoms with E-state index >= 15 is 0 Å². The number of allylic oxidation sites excluding steroid dienone is 7. The van der Waals surface area contributed by atoms with Crippen LogP contribution in [0.4, 0.5) is 0 Å². The van der Waals surface area contributed by atoms with Gasteiger partial charge in [0.2, 0.25) is 5.91 Å². The molecule has 2 atom stereocenters. The Hall–Kier alpha value is -2.18. The van der Waals surface area contributed by atoms with Gasteiger partial charge in [0.1, 0.15) is 0 Å². The first-order chi connectivity index (χ1) is 40.5. The van der Waals surface area contributed by atoms with Crippen LogP contribution in [-0.2, 0) is 14.3 Å². The van der Waals surface area contributed by atoms with Crippen molar-refractivity contribution < 1.29 is 24.5 Å². The van der Waals surface area contributed by atoms with Crippen LogP contribution in [0.3, 0.4) is 0 Å². The predicted octanol–water partition coefficient (Wildman–Crippen LogP) is 24.0. The van der Waals surface area contributed by atoms with Gasteiger partial charge in [-0.15, -0.1) is 0 Å². The molecule has 0 aromatic rings. The van der Waals surface area contributed by atoms with E-state index in [1.807, 2.05) is 6.08 Å². The minimum absolute atomic E-state index is 0.00728. The Morgan fingerprint density at radius 3 is 0.963 bits per heavy atom. The highest BCUT2D eigenvalue weighted by Gasteiger charge is 2.18. The highest BCUT2D eigenvalue weighted by atomic mass is 16.5. The fraction of sp³-hybridized carbons (Fsp3) is 0.868. The summed E-state index contributed by atoms with van der Waals surface area (Å²) in [6.07, 6.45) is 93.4. The molecular weight excluding hydrogens is 1010 g/mol. The summed E-state index contributed by atoms with van der Waals surface area (Å²) in [5.41, 5.74) is 0. The van der Waals surface area contributed by atoms with Crippen molar-refractivity contribution in [2.45, 2.75) is 411 Å². The van der Waals surface area contributed by atoms with E-state index in [1.54, 1.807) is 6.08 Å². The Bertz CT molecular complexity index is 1370. The molecule has 0 aliphatic carbocycles. The van der Waals surface area contributed by atoms with Gasteiger partial charge in [0, 0.05) is 12.8 Å². The number of aliphatic hydroxyl groups is 2. The third-order valence-electron chi connectivity index (χ3n) is 17.1. The van der Waals surface area contributed by atoms with Gasteiger partial charge in [-0.05, 0) is 89.9 Å². The molecule has 482 valence electrons. The van der Waals surface area contributed by atoms with Crippen molar-refractivity contribution in [3.63, 3.8) is 0 Å². The van der Waals surface area contributed by atoms with Crippen molar-refractivity contribution in [2.24, 2.45) is 0 Å². The molecule has 0 aromatic carbocycles. The quantitative estimate of drug-likeness (QED) is 0.0320. The van der Waals surface area contributed by atoms with Crippen LogP contribution in [0.5, 0.6) is 0 Å². The van der Waals surface area contributed by atoms with Crippen molar-refractivity contribution in [1.82, 2.24) is 5.32 Å². The maximum atomic E-state index is 12.5. The minimum atomic E-state index is -0.847. The molecule has 6 heteroatoms. The summed E-state index contributed by atoms with van der Waals surface area (Å²) < 4.78 is 5.50. The molecule has 3 N–H and O–H groups in total. The highest BCUT2D eigenvalue weighted by Crippen LogP contribution is 2.18. The number of carbonyl (C=O) groups excluding carboxylic acids is 2. The molecule has 0 heterocycles. The number of carbonyl (C=O) groups is 2. The van der Waals surface area contributed by atoms with Crippen molar-refractivity contribution in [2.75, 3.05) is 13.2 Å². The van der Waals surface area contributed by atoms with E-state index in [4.69, 9.17) is 4.74 Å². The second-order valence-corrected chi connectivity index (χ2v) is 25.3. The highest BCUT2D eigenvalue weighted by molar-refractivity contribution is 5.76. The number of unbranched alkanes of at least 4 members (excludes halogenated alkanes) is 52. The zero-order valence-corrected chi connectivity index (χ0v) is 55.2. The molecule has 0 spiro atoms. The molecule has 82 heavy (non-hydrogen) atoms. The molecule has 2 unspecified atom stereocenters. The molecule has 0 aromatic heterocycles. The summed E-state index contributed by atoms with van der Waals surface area (Å²) in [5.74, 6) is -0.0581. The molecule has 0 bridgehead atoms. The summed E-state index contributed by atoms with van der Waals surface area (Å²) >= 11 is 0. The minimum Gasteiger partial charge on any atom is -0.466 e. The van der Waals surface area contributed by atoms with Crippen LogP contribution in [0.25, 0.3) is 0 Å². The van der Waals surface area contributed by atoms with E-state index < -0.39 is 12.1 Å². The van der Waals surface area contributed by atoms with Gasteiger partial charge < -0.3 is 20.3 Å². The normalized spacial score (nSPS) is 12.8. The Balaban J connectivity index is 3.41. The monoisotopic (exact) mass is 1150 g/mol. The van der Waals surface area contributed by atoms with Crippen molar-refractivity contribution in [1.29, 1.82) is 0 Å². The maximum Gasteiger partial charge on any atom is 0.305 e. The summed E-state index contributed by atoms with van der Waals surface area (Å²) in [6.45, 7) is 4.91. The van der Waals surface area contributed by atoms with Crippen LogP contribution >= 0.6 is 0 Å². The van der Waals surface area contributed by atoms with E-state index in [9.17, 15) is 19.8 Å². The second kappa shape index (κ2) is 71.3. The van der Waals surface area contributed by atoms with Crippen LogP contribution in [0, 0.1) is 0 Å². The second-order valence-electron chi connectivity index (χ2n) is 25.3. The van der Waals surface area contributed by atoms with Gasteiger partial charge in [-0.1, -0.05) is 345 Å². The fourth-order valence-electron chi connectivity index (χ4n) is 11.4. The van der Waals surface area contributed by atoms with E-state index in [2.05, 4.69) is 55.6 Å². The molecule has 1 amide bonds. The number of ether oxygens (including phenoxy) is 1. The Labute approximate surface area is 512 Å². The van der Waals surface area contributed by atoms with E-state index in [1.165, 1.54) is 321 Å². The number of hydrogen-bond acceptors (Lipinski definition) is 5. The number of hydrogen-bond donors (Lipinski definition) is 3. The zero-order chi connectivity index (χ0) is 59.2. The Morgan fingerprint density at radius 2 is 0.610 bits per heavy atom. The van der Waals surface area contributed by atoms with Crippen molar-refractivity contribution in [3.8, 4) is 0 Å². The smallest absolute Gasteiger partial charge is 0.305 e. The van der Waals surface area contributed by atoms with Gasteiger partial charge in [0.15, 0.2) is 0 Å². The number of rotatable bonds is 69. The zero-order valence-electron chi connectivity index (χ0n) is 55.2. The number of nitrogens with one attached hydrogen (secondary N) is 1. The topological polar surface area (TPSA) is 95.9 Å². The van der Waals surface area contributed by atoms with Crippen LogP contribution in [0.15, 0.2) is 48.6 Å². The summed E-state index contributed by atoms with van der Waals surface area (Å²) in [5, 5.41) is 23.3.